The summed E-state index contributed by atoms with van der Waals surface area (Å²) < 4.78 is 10.7. The molecule has 0 N–H and O–H groups in total. The van der Waals surface area contributed by atoms with E-state index in [0.29, 0.717) is 16.9 Å². The van der Waals surface area contributed by atoms with Crippen molar-refractivity contribution in [3.8, 4) is 0 Å². The van der Waals surface area contributed by atoms with Gasteiger partial charge in [-0.15, -0.1) is 11.8 Å². The summed E-state index contributed by atoms with van der Waals surface area (Å²) in [7, 11) is 0. The van der Waals surface area contributed by atoms with Crippen LogP contribution in [0.3, 0.4) is 0 Å². The molecule has 29 heavy (non-hydrogen) atoms. The molecule has 0 unspecified atom stereocenters. The van der Waals surface area contributed by atoms with Crippen LogP contribution in [0.25, 0.3) is 0 Å². The molecule has 0 aliphatic rings. The summed E-state index contributed by atoms with van der Waals surface area (Å²) in [5.74, 6) is 0.662. The number of Topliss-reactive ketones (excluding diaryl/α,β-unsaturated/α-hetero) is 1. The van der Waals surface area contributed by atoms with Crippen molar-refractivity contribution in [2.24, 2.45) is 0 Å². The molecule has 1 atom stereocenters. The van der Waals surface area contributed by atoms with Crippen LogP contribution >= 0.6 is 11.8 Å². The molecule has 3 aromatic rings. The van der Waals surface area contributed by atoms with Crippen molar-refractivity contribution >= 4 is 23.5 Å². The minimum Gasteiger partial charge on any atom is -0.451 e. The number of esters is 1. The zero-order valence-electron chi connectivity index (χ0n) is 16.9. The largest absolute Gasteiger partial charge is 0.451 e. The van der Waals surface area contributed by atoms with Gasteiger partial charge in [0.1, 0.15) is 5.76 Å². The zero-order valence-corrected chi connectivity index (χ0v) is 17.7. The molecular weight excluding hydrogens is 386 g/mol. The molecule has 3 rings (SSSR count). The molecule has 0 saturated carbocycles. The lowest BCUT2D eigenvalue weighted by Gasteiger charge is -2.14. The minimum absolute atomic E-state index is 0.223. The number of hydrogen-bond donors (Lipinski definition) is 0. The SMILES string of the molecule is Cc1ccc(C(=O)[C@@H](C)OC(=O)c2ccccc2SCc2c(C)noc2C)cc1. The Kier molecular flexibility index (Phi) is 6.54. The number of thioether (sulfide) groups is 1. The molecule has 5 nitrogen and oxygen atoms in total. The number of hydrogen-bond acceptors (Lipinski definition) is 6. The summed E-state index contributed by atoms with van der Waals surface area (Å²) in [5, 5.41) is 3.96. The van der Waals surface area contributed by atoms with Crippen molar-refractivity contribution in [3.63, 3.8) is 0 Å². The average molecular weight is 410 g/mol. The third-order valence-electron chi connectivity index (χ3n) is 4.65. The van der Waals surface area contributed by atoms with Crippen molar-refractivity contribution in [3.05, 3.63) is 82.2 Å². The fourth-order valence-corrected chi connectivity index (χ4v) is 4.04. The number of aromatic nitrogens is 1. The van der Waals surface area contributed by atoms with Crippen LogP contribution in [0.5, 0.6) is 0 Å². The van der Waals surface area contributed by atoms with E-state index in [4.69, 9.17) is 9.26 Å². The highest BCUT2D eigenvalue weighted by molar-refractivity contribution is 7.98. The van der Waals surface area contributed by atoms with E-state index in [2.05, 4.69) is 5.16 Å². The first-order valence-corrected chi connectivity index (χ1v) is 10.3. The highest BCUT2D eigenvalue weighted by atomic mass is 32.2. The quantitative estimate of drug-likeness (QED) is 0.299. The lowest BCUT2D eigenvalue weighted by molar-refractivity contribution is 0.0315. The Balaban J connectivity index is 1.70. The van der Waals surface area contributed by atoms with Crippen LogP contribution < -0.4 is 0 Å². The van der Waals surface area contributed by atoms with Crippen LogP contribution in [0, 0.1) is 20.8 Å². The first kappa shape index (κ1) is 20.9. The third-order valence-corrected chi connectivity index (χ3v) is 5.75. The van der Waals surface area contributed by atoms with Crippen LogP contribution in [0.1, 0.15) is 50.2 Å². The van der Waals surface area contributed by atoms with Gasteiger partial charge in [0.2, 0.25) is 5.78 Å². The lowest BCUT2D eigenvalue weighted by atomic mass is 10.1. The Labute approximate surface area is 174 Å². The van der Waals surface area contributed by atoms with Gasteiger partial charge in [0, 0.05) is 21.8 Å². The van der Waals surface area contributed by atoms with Crippen molar-refractivity contribution < 1.29 is 18.8 Å². The second-order valence-electron chi connectivity index (χ2n) is 6.87. The molecule has 0 aliphatic carbocycles. The van der Waals surface area contributed by atoms with Crippen LogP contribution in [-0.4, -0.2) is 23.0 Å². The fourth-order valence-electron chi connectivity index (χ4n) is 2.85. The number of nitrogens with zero attached hydrogens (tertiary/aromatic N) is 1. The maximum absolute atomic E-state index is 12.7. The normalized spacial score (nSPS) is 11.9. The molecule has 0 saturated heterocycles. The number of aryl methyl sites for hydroxylation is 3. The standard InChI is InChI=1S/C23H23NO4S/c1-14-9-11-18(12-10-14)22(25)17(4)27-23(26)19-7-5-6-8-21(19)29-13-20-15(2)24-28-16(20)3/h5-12,17H,13H2,1-4H3/t17-/m1/s1. The number of ether oxygens (including phenoxy) is 1. The first-order chi connectivity index (χ1) is 13.9. The van der Waals surface area contributed by atoms with Gasteiger partial charge in [-0.25, -0.2) is 4.79 Å². The lowest BCUT2D eigenvalue weighted by Crippen LogP contribution is -2.24. The molecule has 0 fully saturated rings. The Morgan fingerprint density at radius 2 is 1.76 bits per heavy atom. The van der Waals surface area contributed by atoms with E-state index in [-0.39, 0.29) is 5.78 Å². The van der Waals surface area contributed by atoms with Gasteiger partial charge in [-0.2, -0.15) is 0 Å². The Hall–Kier alpha value is -2.86. The number of carbonyl (C=O) groups is 2. The van der Waals surface area contributed by atoms with Gasteiger partial charge in [-0.05, 0) is 39.8 Å². The van der Waals surface area contributed by atoms with Gasteiger partial charge < -0.3 is 9.26 Å². The zero-order chi connectivity index (χ0) is 21.0. The Morgan fingerprint density at radius 1 is 1.07 bits per heavy atom. The molecule has 150 valence electrons. The van der Waals surface area contributed by atoms with Crippen molar-refractivity contribution in [1.29, 1.82) is 0 Å². The number of carbonyl (C=O) groups excluding carboxylic acids is 2. The van der Waals surface area contributed by atoms with Gasteiger partial charge in [0.15, 0.2) is 6.10 Å². The van der Waals surface area contributed by atoms with E-state index in [9.17, 15) is 9.59 Å². The highest BCUT2D eigenvalue weighted by Gasteiger charge is 2.22. The molecule has 6 heteroatoms. The molecule has 0 bridgehead atoms. The summed E-state index contributed by atoms with van der Waals surface area (Å²) in [6.07, 6.45) is -0.870. The molecule has 0 radical (unpaired) electrons. The van der Waals surface area contributed by atoms with Crippen molar-refractivity contribution in [2.45, 2.75) is 44.4 Å². The van der Waals surface area contributed by atoms with Crippen LogP contribution in [-0.2, 0) is 10.5 Å². The maximum atomic E-state index is 12.7. The molecule has 1 aromatic heterocycles. The molecule has 1 heterocycles. The summed E-state index contributed by atoms with van der Waals surface area (Å²) in [6, 6.07) is 14.4. The molecule has 0 spiro atoms. The van der Waals surface area contributed by atoms with Gasteiger partial charge in [-0.1, -0.05) is 47.1 Å². The number of benzene rings is 2. The van der Waals surface area contributed by atoms with Gasteiger partial charge in [-0.3, -0.25) is 4.79 Å². The van der Waals surface area contributed by atoms with Crippen molar-refractivity contribution in [2.75, 3.05) is 0 Å². The highest BCUT2D eigenvalue weighted by Crippen LogP contribution is 2.29. The monoisotopic (exact) mass is 409 g/mol. The van der Waals surface area contributed by atoms with Crippen LogP contribution in [0.2, 0.25) is 0 Å². The van der Waals surface area contributed by atoms with E-state index in [0.717, 1.165) is 27.5 Å². The average Bonchev–Trinajstić information content (AvgIpc) is 3.04. The third kappa shape index (κ3) is 4.95. The summed E-state index contributed by atoms with van der Waals surface area (Å²) >= 11 is 1.51. The molecular formula is C23H23NO4S. The maximum Gasteiger partial charge on any atom is 0.339 e. The minimum atomic E-state index is -0.870. The molecule has 2 aromatic carbocycles. The Morgan fingerprint density at radius 3 is 2.41 bits per heavy atom. The van der Waals surface area contributed by atoms with Gasteiger partial charge in [0.25, 0.3) is 0 Å². The summed E-state index contributed by atoms with van der Waals surface area (Å²) in [4.78, 5) is 26.1. The predicted molar refractivity (Wildman–Crippen MR) is 112 cm³/mol. The van der Waals surface area contributed by atoms with Crippen LogP contribution in [0.4, 0.5) is 0 Å². The van der Waals surface area contributed by atoms with Crippen LogP contribution in [0.15, 0.2) is 57.9 Å². The second kappa shape index (κ2) is 9.09. The van der Waals surface area contributed by atoms with E-state index < -0.39 is 12.1 Å². The van der Waals surface area contributed by atoms with E-state index in [1.807, 2.05) is 45.0 Å². The van der Waals surface area contributed by atoms with Crippen molar-refractivity contribution in [1.82, 2.24) is 5.16 Å². The number of rotatable bonds is 7. The second-order valence-corrected chi connectivity index (χ2v) is 7.88. The van der Waals surface area contributed by atoms with Gasteiger partial charge in [0.05, 0.1) is 11.3 Å². The summed E-state index contributed by atoms with van der Waals surface area (Å²) in [5.41, 5.74) is 3.88. The molecule has 0 amide bonds. The predicted octanol–water partition coefficient (Wildman–Crippen LogP) is 5.32. The topological polar surface area (TPSA) is 69.4 Å². The van der Waals surface area contributed by atoms with E-state index >= 15 is 0 Å². The molecule has 0 aliphatic heterocycles. The number of ketones is 1. The fraction of sp³-hybridized carbons (Fsp3) is 0.261. The van der Waals surface area contributed by atoms with E-state index in [1.165, 1.54) is 11.8 Å². The Bertz CT molecular complexity index is 1000. The smallest absolute Gasteiger partial charge is 0.339 e. The first-order valence-electron chi connectivity index (χ1n) is 9.32. The van der Waals surface area contributed by atoms with E-state index in [1.54, 1.807) is 31.2 Å². The summed E-state index contributed by atoms with van der Waals surface area (Å²) in [6.45, 7) is 7.31. The van der Waals surface area contributed by atoms with Gasteiger partial charge >= 0.3 is 5.97 Å².